The number of carbonyl (C=O) groups excluding carboxylic acids is 1. The monoisotopic (exact) mass is 294 g/mol. The maximum atomic E-state index is 11.0. The number of rotatable bonds is 6. The van der Waals surface area contributed by atoms with E-state index >= 15 is 0 Å². The normalized spacial score (nSPS) is 12.0. The van der Waals surface area contributed by atoms with Gasteiger partial charge in [0.2, 0.25) is 0 Å². The van der Waals surface area contributed by atoms with Crippen molar-refractivity contribution in [3.8, 4) is 0 Å². The van der Waals surface area contributed by atoms with Crippen LogP contribution in [-0.4, -0.2) is 20.7 Å². The van der Waals surface area contributed by atoms with Crippen LogP contribution >= 0.6 is 0 Å². The van der Waals surface area contributed by atoms with Crippen LogP contribution in [0.5, 0.6) is 0 Å². The summed E-state index contributed by atoms with van der Waals surface area (Å²) in [5.41, 5.74) is 0. The summed E-state index contributed by atoms with van der Waals surface area (Å²) in [6.45, 7) is 3.75. The second kappa shape index (κ2) is 8.05. The molecule has 0 atom stereocenters. The van der Waals surface area contributed by atoms with Crippen molar-refractivity contribution in [3.63, 3.8) is 0 Å². The molecule has 0 aliphatic carbocycles. The van der Waals surface area contributed by atoms with Gasteiger partial charge in [-0.15, -0.1) is 0 Å². The topological polar surface area (TPSA) is 17.1 Å². The quantitative estimate of drug-likeness (QED) is 0.448. The van der Waals surface area contributed by atoms with Gasteiger partial charge in [0.1, 0.15) is 0 Å². The Labute approximate surface area is 110 Å². The van der Waals surface area contributed by atoms with Gasteiger partial charge < -0.3 is 0 Å². The average Bonchev–Trinajstić information content (AvgIpc) is 2.34. The molecule has 0 aliphatic heterocycles. The molecule has 0 aliphatic rings. The van der Waals surface area contributed by atoms with Crippen LogP contribution in [0.4, 0.5) is 0 Å². The van der Waals surface area contributed by atoms with Crippen LogP contribution in [-0.2, 0) is 4.79 Å². The van der Waals surface area contributed by atoms with Crippen molar-refractivity contribution in [1.82, 2.24) is 0 Å². The summed E-state index contributed by atoms with van der Waals surface area (Å²) in [5, 5.41) is 0. The minimum absolute atomic E-state index is 0.108. The number of hydrogen-bond acceptors (Lipinski definition) is 1. The van der Waals surface area contributed by atoms with Crippen LogP contribution in [0.15, 0.2) is 53.0 Å². The first-order valence-electron chi connectivity index (χ1n) is 5.84. The molecule has 0 saturated heterocycles. The third-order valence-electron chi connectivity index (χ3n) is 2.10. The number of carbonyl (C=O) groups is 1. The predicted octanol–water partition coefficient (Wildman–Crippen LogP) is 2.85. The Morgan fingerprint density at radius 1 is 1.24 bits per heavy atom. The molecular formula is C15H18OSe. The van der Waals surface area contributed by atoms with E-state index in [1.54, 1.807) is 13.0 Å². The molecule has 0 bridgehead atoms. The van der Waals surface area contributed by atoms with Gasteiger partial charge in [-0.05, 0) is 0 Å². The van der Waals surface area contributed by atoms with Crippen molar-refractivity contribution >= 4 is 25.2 Å². The Balaban J connectivity index is 2.74. The van der Waals surface area contributed by atoms with E-state index < -0.39 is 0 Å². The van der Waals surface area contributed by atoms with Gasteiger partial charge in [0.15, 0.2) is 0 Å². The molecule has 0 radical (unpaired) electrons. The van der Waals surface area contributed by atoms with Crippen LogP contribution in [0.1, 0.15) is 26.7 Å². The Morgan fingerprint density at radius 3 is 2.53 bits per heavy atom. The molecule has 1 rings (SSSR count). The first-order chi connectivity index (χ1) is 8.22. The van der Waals surface area contributed by atoms with Gasteiger partial charge in [0.25, 0.3) is 0 Å². The van der Waals surface area contributed by atoms with E-state index in [1.165, 1.54) is 8.93 Å². The first kappa shape index (κ1) is 14.0. The molecule has 1 aromatic rings. The van der Waals surface area contributed by atoms with Gasteiger partial charge in [-0.2, -0.15) is 0 Å². The number of unbranched alkanes of at least 4 members (excludes halogenated alkanes) is 1. The Kier molecular flexibility index (Phi) is 6.61. The molecule has 1 aromatic carbocycles. The Hall–Kier alpha value is -1.11. The fourth-order valence-corrected chi connectivity index (χ4v) is 3.15. The van der Waals surface area contributed by atoms with Crippen LogP contribution in [0.2, 0.25) is 0 Å². The summed E-state index contributed by atoms with van der Waals surface area (Å²) in [6, 6.07) is 10.4. The molecule has 0 spiro atoms. The summed E-state index contributed by atoms with van der Waals surface area (Å²) in [6.07, 6.45) is 8.08. The van der Waals surface area contributed by atoms with Gasteiger partial charge in [0, 0.05) is 0 Å². The van der Waals surface area contributed by atoms with E-state index in [0.717, 1.165) is 12.8 Å². The van der Waals surface area contributed by atoms with Crippen LogP contribution in [0.3, 0.4) is 0 Å². The third-order valence-corrected chi connectivity index (χ3v) is 4.29. The van der Waals surface area contributed by atoms with E-state index in [0.29, 0.717) is 15.0 Å². The van der Waals surface area contributed by atoms with E-state index in [1.807, 2.05) is 12.1 Å². The Morgan fingerprint density at radius 2 is 1.94 bits per heavy atom. The maximum absolute atomic E-state index is 11.0. The van der Waals surface area contributed by atoms with E-state index in [2.05, 4.69) is 37.3 Å². The molecular weight excluding hydrogens is 275 g/mol. The van der Waals surface area contributed by atoms with Crippen molar-refractivity contribution in [3.05, 3.63) is 53.0 Å². The molecule has 0 fully saturated rings. The van der Waals surface area contributed by atoms with E-state index in [-0.39, 0.29) is 5.78 Å². The van der Waals surface area contributed by atoms with Crippen LogP contribution in [0, 0.1) is 0 Å². The molecule has 0 N–H and O–H groups in total. The molecule has 0 unspecified atom stereocenters. The molecule has 2 heteroatoms. The van der Waals surface area contributed by atoms with Crippen LogP contribution in [0.25, 0.3) is 0 Å². The zero-order valence-electron chi connectivity index (χ0n) is 10.3. The average molecular weight is 293 g/mol. The summed E-state index contributed by atoms with van der Waals surface area (Å²) in [7, 11) is 0. The zero-order chi connectivity index (χ0) is 12.5. The van der Waals surface area contributed by atoms with Gasteiger partial charge in [-0.3, -0.25) is 0 Å². The van der Waals surface area contributed by atoms with Crippen molar-refractivity contribution in [1.29, 1.82) is 0 Å². The second-order valence-electron chi connectivity index (χ2n) is 3.75. The van der Waals surface area contributed by atoms with Gasteiger partial charge >= 0.3 is 110 Å². The first-order valence-corrected chi connectivity index (χ1v) is 7.55. The summed E-state index contributed by atoms with van der Waals surface area (Å²) >= 11 is 0.294. The number of hydrogen-bond donors (Lipinski definition) is 0. The predicted molar refractivity (Wildman–Crippen MR) is 74.6 cm³/mol. The molecule has 0 aromatic heterocycles. The number of allylic oxidation sites excluding steroid dienone is 4. The van der Waals surface area contributed by atoms with E-state index in [9.17, 15) is 4.79 Å². The molecule has 0 heterocycles. The van der Waals surface area contributed by atoms with Crippen LogP contribution < -0.4 is 4.46 Å². The number of ketones is 1. The van der Waals surface area contributed by atoms with Gasteiger partial charge in [-0.25, -0.2) is 0 Å². The number of benzene rings is 1. The Bertz CT molecular complexity index is 404. The van der Waals surface area contributed by atoms with Crippen molar-refractivity contribution in [2.24, 2.45) is 0 Å². The molecule has 0 amide bonds. The zero-order valence-corrected chi connectivity index (χ0v) is 12.1. The summed E-state index contributed by atoms with van der Waals surface area (Å²) in [4.78, 5) is 11.0. The fourth-order valence-electron chi connectivity index (χ4n) is 1.25. The van der Waals surface area contributed by atoms with Crippen molar-refractivity contribution in [2.75, 3.05) is 0 Å². The minimum atomic E-state index is 0.108. The standard InChI is InChI=1S/C15H18OSe/c1-3-4-8-15(12-11-13(2)16)17-14-9-6-5-7-10-14/h5-12H,3-4H2,1-2H3/b12-11+,15-8-. The molecule has 17 heavy (non-hydrogen) atoms. The van der Waals surface area contributed by atoms with Crippen molar-refractivity contribution in [2.45, 2.75) is 26.7 Å². The SMILES string of the molecule is CCC/C=C(/C=C/C(C)=O)[Se]c1ccccc1. The third kappa shape index (κ3) is 6.25. The molecule has 0 saturated carbocycles. The second-order valence-corrected chi connectivity index (χ2v) is 6.16. The summed E-state index contributed by atoms with van der Waals surface area (Å²) in [5.74, 6) is 0.108. The fraction of sp³-hybridized carbons (Fsp3) is 0.267. The molecule has 90 valence electrons. The molecule has 1 nitrogen and oxygen atoms in total. The van der Waals surface area contributed by atoms with Gasteiger partial charge in [0.05, 0.1) is 0 Å². The van der Waals surface area contributed by atoms with Crippen molar-refractivity contribution < 1.29 is 4.79 Å². The summed E-state index contributed by atoms with van der Waals surface area (Å²) < 4.78 is 2.62. The van der Waals surface area contributed by atoms with E-state index in [4.69, 9.17) is 0 Å². The van der Waals surface area contributed by atoms with Gasteiger partial charge in [-0.1, -0.05) is 0 Å².